The molecule has 0 aromatic rings. The third-order valence-electron chi connectivity index (χ3n) is 3.18. The average molecular weight is 424 g/mol. The van der Waals surface area contributed by atoms with Gasteiger partial charge in [-0.3, -0.25) is 0 Å². The summed E-state index contributed by atoms with van der Waals surface area (Å²) in [6, 6.07) is 0. The van der Waals surface area contributed by atoms with Crippen LogP contribution in [-0.4, -0.2) is 116 Å². The van der Waals surface area contributed by atoms with Crippen LogP contribution >= 0.6 is 0 Å². The minimum atomic E-state index is -0.494. The van der Waals surface area contributed by atoms with Crippen molar-refractivity contribution >= 4 is 5.97 Å². The molecule has 0 N–H and O–H groups in total. The summed E-state index contributed by atoms with van der Waals surface area (Å²) >= 11 is 0. The fourth-order valence-corrected chi connectivity index (χ4v) is 1.87. The molecule has 0 saturated carbocycles. The molecule has 0 bridgehead atoms. The van der Waals surface area contributed by atoms with Gasteiger partial charge in [-0.25, -0.2) is 4.79 Å². The minimum absolute atomic E-state index is 0.0678. The molecule has 0 unspecified atom stereocenters. The van der Waals surface area contributed by atoms with E-state index in [1.165, 1.54) is 0 Å². The predicted octanol–water partition coefficient (Wildman–Crippen LogP) is 0.989. The minimum Gasteiger partial charge on any atom is -0.458 e. The van der Waals surface area contributed by atoms with E-state index >= 15 is 0 Å². The number of nitrogens with zero attached hydrogens (tertiary/aromatic N) is 1. The fraction of sp³-hybridized carbons (Fsp3) is 0.950. The van der Waals surface area contributed by atoms with Crippen LogP contribution in [-0.2, 0) is 38.0 Å². The molecule has 29 heavy (non-hydrogen) atoms. The first-order chi connectivity index (χ1) is 13.8. The molecule has 0 aliphatic heterocycles. The smallest absolute Gasteiger partial charge is 0.332 e. The van der Waals surface area contributed by atoms with E-state index in [4.69, 9.17) is 33.2 Å². The highest BCUT2D eigenvalue weighted by atomic mass is 16.6. The van der Waals surface area contributed by atoms with Gasteiger partial charge >= 0.3 is 5.97 Å². The lowest BCUT2D eigenvalue weighted by atomic mass is 10.2. The average Bonchev–Trinajstić information content (AvgIpc) is 2.62. The highest BCUT2D eigenvalue weighted by Crippen LogP contribution is 2.06. The standard InChI is InChI=1S/C20H41NO8/c1-20(2,3)29-19(22)18-28-17-16-27-15-14-26-13-12-25-11-10-24-9-8-23-7-6-21(4)5/h6-18H2,1-5H3. The van der Waals surface area contributed by atoms with E-state index in [-0.39, 0.29) is 12.6 Å². The molecule has 0 atom stereocenters. The quantitative estimate of drug-likeness (QED) is 0.210. The van der Waals surface area contributed by atoms with Crippen LogP contribution in [0, 0.1) is 0 Å². The molecule has 0 radical (unpaired) electrons. The third-order valence-corrected chi connectivity index (χ3v) is 3.18. The first-order valence-corrected chi connectivity index (χ1v) is 10.1. The molecule has 0 amide bonds. The second-order valence-electron chi connectivity index (χ2n) is 7.50. The van der Waals surface area contributed by atoms with E-state index in [2.05, 4.69) is 4.90 Å². The number of carbonyl (C=O) groups excluding carboxylic acids is 1. The lowest BCUT2D eigenvalue weighted by molar-refractivity contribution is -0.160. The lowest BCUT2D eigenvalue weighted by Crippen LogP contribution is -2.27. The maximum absolute atomic E-state index is 11.4. The van der Waals surface area contributed by atoms with Crippen LogP contribution in [0.1, 0.15) is 20.8 Å². The Hall–Kier alpha value is -0.810. The Balaban J connectivity index is 3.13. The van der Waals surface area contributed by atoms with Gasteiger partial charge in [0.25, 0.3) is 0 Å². The number of hydrogen-bond donors (Lipinski definition) is 0. The van der Waals surface area contributed by atoms with Crippen molar-refractivity contribution in [2.75, 3.05) is 99.9 Å². The van der Waals surface area contributed by atoms with Crippen molar-refractivity contribution in [3.05, 3.63) is 0 Å². The van der Waals surface area contributed by atoms with Gasteiger partial charge in [-0.15, -0.1) is 0 Å². The molecule has 0 rings (SSSR count). The maximum atomic E-state index is 11.4. The zero-order valence-electron chi connectivity index (χ0n) is 18.9. The highest BCUT2D eigenvalue weighted by molar-refractivity contribution is 5.71. The molecule has 0 saturated heterocycles. The molecule has 0 aromatic heterocycles. The third kappa shape index (κ3) is 25.2. The van der Waals surface area contributed by atoms with Crippen molar-refractivity contribution < 1.29 is 38.0 Å². The largest absolute Gasteiger partial charge is 0.458 e. The van der Waals surface area contributed by atoms with Crippen molar-refractivity contribution in [1.82, 2.24) is 4.90 Å². The molecule has 0 spiro atoms. The fourth-order valence-electron chi connectivity index (χ4n) is 1.87. The van der Waals surface area contributed by atoms with Crippen LogP contribution in [0.25, 0.3) is 0 Å². The zero-order chi connectivity index (χ0) is 21.8. The number of carbonyl (C=O) groups is 1. The van der Waals surface area contributed by atoms with E-state index in [1.54, 1.807) is 0 Å². The van der Waals surface area contributed by atoms with Crippen LogP contribution in [0.3, 0.4) is 0 Å². The van der Waals surface area contributed by atoms with Gasteiger partial charge in [-0.1, -0.05) is 0 Å². The molecule has 0 aliphatic carbocycles. The van der Waals surface area contributed by atoms with Gasteiger partial charge in [0.15, 0.2) is 0 Å². The lowest BCUT2D eigenvalue weighted by Gasteiger charge is -2.19. The molecular weight excluding hydrogens is 382 g/mol. The normalized spacial score (nSPS) is 11.9. The van der Waals surface area contributed by atoms with Crippen LogP contribution in [0.15, 0.2) is 0 Å². The summed E-state index contributed by atoms with van der Waals surface area (Å²) in [5.41, 5.74) is -0.494. The second kappa shape index (κ2) is 19.2. The molecule has 0 aliphatic rings. The molecule has 0 heterocycles. The molecule has 0 fully saturated rings. The van der Waals surface area contributed by atoms with Gasteiger partial charge in [-0.05, 0) is 34.9 Å². The van der Waals surface area contributed by atoms with Crippen molar-refractivity contribution in [3.63, 3.8) is 0 Å². The van der Waals surface area contributed by atoms with Crippen LogP contribution in [0.4, 0.5) is 0 Å². The Labute approximate surface area is 175 Å². The van der Waals surface area contributed by atoms with E-state index in [0.717, 1.165) is 6.54 Å². The number of rotatable bonds is 20. The van der Waals surface area contributed by atoms with Gasteiger partial charge in [-0.2, -0.15) is 0 Å². The van der Waals surface area contributed by atoms with Gasteiger partial charge in [0.2, 0.25) is 0 Å². The van der Waals surface area contributed by atoms with Gasteiger partial charge in [0, 0.05) is 6.54 Å². The van der Waals surface area contributed by atoms with E-state index in [0.29, 0.717) is 72.7 Å². The molecule has 9 heteroatoms. The molecule has 0 aromatic carbocycles. The summed E-state index contributed by atoms with van der Waals surface area (Å²) in [7, 11) is 4.03. The summed E-state index contributed by atoms with van der Waals surface area (Å²) in [6.45, 7) is 12.0. The summed E-state index contributed by atoms with van der Waals surface area (Å²) in [5.74, 6) is -0.375. The van der Waals surface area contributed by atoms with Crippen molar-refractivity contribution in [2.45, 2.75) is 26.4 Å². The van der Waals surface area contributed by atoms with Crippen molar-refractivity contribution in [1.29, 1.82) is 0 Å². The summed E-state index contributed by atoms with van der Waals surface area (Å²) in [5, 5.41) is 0. The summed E-state index contributed by atoms with van der Waals surface area (Å²) in [4.78, 5) is 13.5. The van der Waals surface area contributed by atoms with E-state index in [1.807, 2.05) is 34.9 Å². The van der Waals surface area contributed by atoms with Gasteiger partial charge < -0.3 is 38.1 Å². The Morgan fingerprint density at radius 1 is 0.621 bits per heavy atom. The highest BCUT2D eigenvalue weighted by Gasteiger charge is 2.15. The zero-order valence-corrected chi connectivity index (χ0v) is 18.9. The van der Waals surface area contributed by atoms with Crippen molar-refractivity contribution in [3.8, 4) is 0 Å². The number of esters is 1. The van der Waals surface area contributed by atoms with Gasteiger partial charge in [0.1, 0.15) is 12.2 Å². The number of ether oxygens (including phenoxy) is 7. The first kappa shape index (κ1) is 28.2. The topological polar surface area (TPSA) is 84.9 Å². The summed E-state index contributed by atoms with van der Waals surface area (Å²) < 4.78 is 37.3. The number of hydrogen-bond acceptors (Lipinski definition) is 9. The van der Waals surface area contributed by atoms with E-state index < -0.39 is 5.60 Å². The Morgan fingerprint density at radius 3 is 1.31 bits per heavy atom. The van der Waals surface area contributed by atoms with Crippen molar-refractivity contribution in [2.24, 2.45) is 0 Å². The second-order valence-corrected chi connectivity index (χ2v) is 7.50. The molecular formula is C20H41NO8. The number of likely N-dealkylation sites (N-methyl/N-ethyl adjacent to an activating group) is 1. The van der Waals surface area contributed by atoms with E-state index in [9.17, 15) is 4.79 Å². The van der Waals surface area contributed by atoms with Gasteiger partial charge in [0.05, 0.1) is 72.7 Å². The maximum Gasteiger partial charge on any atom is 0.332 e. The van der Waals surface area contributed by atoms with Crippen LogP contribution in [0.5, 0.6) is 0 Å². The van der Waals surface area contributed by atoms with Crippen LogP contribution in [0.2, 0.25) is 0 Å². The Kier molecular flexibility index (Phi) is 18.6. The predicted molar refractivity (Wildman–Crippen MR) is 109 cm³/mol. The first-order valence-electron chi connectivity index (χ1n) is 10.1. The Bertz CT molecular complexity index is 374. The summed E-state index contributed by atoms with van der Waals surface area (Å²) in [6.07, 6.45) is 0. The monoisotopic (exact) mass is 423 g/mol. The van der Waals surface area contributed by atoms with Crippen LogP contribution < -0.4 is 0 Å². The Morgan fingerprint density at radius 2 is 0.966 bits per heavy atom. The molecule has 174 valence electrons. The SMILES string of the molecule is CN(C)CCOCCOCCOCCOCCOCCOCC(=O)OC(C)(C)C. The molecule has 9 nitrogen and oxygen atoms in total.